The predicted molar refractivity (Wildman–Crippen MR) is 58.8 cm³/mol. The SMILES string of the molecule is CC(C)(C)Cc1ccc(F)c2c1OCC2. The van der Waals surface area contributed by atoms with Gasteiger partial charge in [0.05, 0.1) is 6.61 Å². The molecule has 0 N–H and O–H groups in total. The van der Waals surface area contributed by atoms with E-state index in [1.165, 1.54) is 0 Å². The molecule has 0 unspecified atom stereocenters. The van der Waals surface area contributed by atoms with Gasteiger partial charge in [-0.05, 0) is 23.5 Å². The Hall–Kier alpha value is -1.05. The maximum absolute atomic E-state index is 13.4. The normalized spacial score (nSPS) is 14.9. The Balaban J connectivity index is 2.38. The van der Waals surface area contributed by atoms with Crippen LogP contribution < -0.4 is 4.74 Å². The Labute approximate surface area is 90.3 Å². The second-order valence-corrected chi connectivity index (χ2v) is 5.35. The van der Waals surface area contributed by atoms with E-state index in [1.54, 1.807) is 6.07 Å². The minimum absolute atomic E-state index is 0.125. The fourth-order valence-corrected chi connectivity index (χ4v) is 2.03. The zero-order chi connectivity index (χ0) is 11.1. The minimum atomic E-state index is -0.125. The molecule has 0 spiro atoms. The van der Waals surface area contributed by atoms with Crippen LogP contribution in [0.2, 0.25) is 0 Å². The first kappa shape index (κ1) is 10.5. The summed E-state index contributed by atoms with van der Waals surface area (Å²) in [6.07, 6.45) is 1.63. The summed E-state index contributed by atoms with van der Waals surface area (Å²) >= 11 is 0. The summed E-state index contributed by atoms with van der Waals surface area (Å²) in [5, 5.41) is 0. The summed E-state index contributed by atoms with van der Waals surface area (Å²) in [7, 11) is 0. The number of ether oxygens (including phenoxy) is 1. The topological polar surface area (TPSA) is 9.23 Å². The molecule has 1 aliphatic heterocycles. The van der Waals surface area contributed by atoms with E-state index in [-0.39, 0.29) is 11.2 Å². The molecule has 0 aliphatic carbocycles. The number of rotatable bonds is 1. The van der Waals surface area contributed by atoms with E-state index in [0.717, 1.165) is 23.3 Å². The molecule has 15 heavy (non-hydrogen) atoms. The van der Waals surface area contributed by atoms with Crippen molar-refractivity contribution in [2.75, 3.05) is 6.61 Å². The quantitative estimate of drug-likeness (QED) is 0.687. The van der Waals surface area contributed by atoms with Crippen LogP contribution in [0.25, 0.3) is 0 Å². The monoisotopic (exact) mass is 208 g/mol. The van der Waals surface area contributed by atoms with E-state index in [1.807, 2.05) is 6.07 Å². The van der Waals surface area contributed by atoms with Crippen LogP contribution in [0, 0.1) is 11.2 Å². The first-order chi connectivity index (χ1) is 6.97. The summed E-state index contributed by atoms with van der Waals surface area (Å²) in [5.41, 5.74) is 2.10. The second kappa shape index (κ2) is 3.51. The molecule has 0 radical (unpaired) electrons. The molecule has 0 atom stereocenters. The van der Waals surface area contributed by atoms with Gasteiger partial charge in [-0.3, -0.25) is 0 Å². The molecule has 0 bridgehead atoms. The Bertz CT molecular complexity index is 377. The molecule has 1 aromatic carbocycles. The average molecular weight is 208 g/mol. The molecular weight excluding hydrogens is 191 g/mol. The number of hydrogen-bond acceptors (Lipinski definition) is 1. The van der Waals surface area contributed by atoms with Gasteiger partial charge in [-0.1, -0.05) is 26.8 Å². The number of fused-ring (bicyclic) bond motifs is 1. The van der Waals surface area contributed by atoms with Crippen LogP contribution in [0.1, 0.15) is 31.9 Å². The minimum Gasteiger partial charge on any atom is -0.493 e. The molecule has 1 nitrogen and oxygen atoms in total. The van der Waals surface area contributed by atoms with Crippen LogP contribution >= 0.6 is 0 Å². The third kappa shape index (κ3) is 2.14. The molecule has 0 saturated carbocycles. The van der Waals surface area contributed by atoms with Gasteiger partial charge in [-0.25, -0.2) is 4.39 Å². The van der Waals surface area contributed by atoms with Crippen molar-refractivity contribution in [3.05, 3.63) is 29.1 Å². The number of hydrogen-bond donors (Lipinski definition) is 0. The van der Waals surface area contributed by atoms with E-state index in [0.29, 0.717) is 13.0 Å². The second-order valence-electron chi connectivity index (χ2n) is 5.35. The lowest BCUT2D eigenvalue weighted by atomic mass is 9.87. The van der Waals surface area contributed by atoms with Gasteiger partial charge >= 0.3 is 0 Å². The summed E-state index contributed by atoms with van der Waals surface area (Å²) in [6.45, 7) is 7.15. The van der Waals surface area contributed by atoms with Gasteiger partial charge in [-0.15, -0.1) is 0 Å². The van der Waals surface area contributed by atoms with Crippen molar-refractivity contribution in [2.45, 2.75) is 33.6 Å². The summed E-state index contributed by atoms with van der Waals surface area (Å²) in [6, 6.07) is 3.42. The van der Waals surface area contributed by atoms with Crippen LogP contribution in [-0.2, 0) is 12.8 Å². The van der Waals surface area contributed by atoms with Crippen molar-refractivity contribution in [1.82, 2.24) is 0 Å². The smallest absolute Gasteiger partial charge is 0.130 e. The maximum Gasteiger partial charge on any atom is 0.130 e. The highest BCUT2D eigenvalue weighted by Crippen LogP contribution is 2.35. The van der Waals surface area contributed by atoms with Crippen LogP contribution in [0.15, 0.2) is 12.1 Å². The summed E-state index contributed by atoms with van der Waals surface area (Å²) < 4.78 is 18.9. The third-order valence-electron chi connectivity index (χ3n) is 2.60. The van der Waals surface area contributed by atoms with Crippen molar-refractivity contribution in [2.24, 2.45) is 5.41 Å². The van der Waals surface area contributed by atoms with Gasteiger partial charge < -0.3 is 4.74 Å². The molecular formula is C13H17FO. The van der Waals surface area contributed by atoms with E-state index in [2.05, 4.69) is 20.8 Å². The Kier molecular flexibility index (Phi) is 2.45. The lowest BCUT2D eigenvalue weighted by molar-refractivity contribution is 0.343. The molecule has 0 saturated heterocycles. The zero-order valence-corrected chi connectivity index (χ0v) is 9.56. The lowest BCUT2D eigenvalue weighted by Gasteiger charge is -2.19. The van der Waals surface area contributed by atoms with Crippen molar-refractivity contribution in [1.29, 1.82) is 0 Å². The lowest BCUT2D eigenvalue weighted by Crippen LogP contribution is -2.10. The molecule has 1 heterocycles. The molecule has 0 fully saturated rings. The summed E-state index contributed by atoms with van der Waals surface area (Å²) in [5.74, 6) is 0.671. The molecule has 1 aliphatic rings. The average Bonchev–Trinajstić information content (AvgIpc) is 2.57. The highest BCUT2D eigenvalue weighted by Gasteiger charge is 2.23. The largest absolute Gasteiger partial charge is 0.493 e. The van der Waals surface area contributed by atoms with Gasteiger partial charge in [0.2, 0.25) is 0 Å². The summed E-state index contributed by atoms with van der Waals surface area (Å²) in [4.78, 5) is 0. The first-order valence-electron chi connectivity index (χ1n) is 5.40. The van der Waals surface area contributed by atoms with Crippen LogP contribution in [-0.4, -0.2) is 6.61 Å². The van der Waals surface area contributed by atoms with Crippen molar-refractivity contribution < 1.29 is 9.13 Å². The van der Waals surface area contributed by atoms with Crippen molar-refractivity contribution in [3.8, 4) is 5.75 Å². The number of halogens is 1. The van der Waals surface area contributed by atoms with Crippen LogP contribution in [0.4, 0.5) is 4.39 Å². The number of benzene rings is 1. The van der Waals surface area contributed by atoms with Crippen LogP contribution in [0.3, 0.4) is 0 Å². The Morgan fingerprint density at radius 1 is 1.33 bits per heavy atom. The molecule has 0 amide bonds. The van der Waals surface area contributed by atoms with Gasteiger partial charge in [0.15, 0.2) is 0 Å². The highest BCUT2D eigenvalue weighted by atomic mass is 19.1. The van der Waals surface area contributed by atoms with E-state index >= 15 is 0 Å². The maximum atomic E-state index is 13.4. The van der Waals surface area contributed by atoms with E-state index in [9.17, 15) is 4.39 Å². The molecule has 82 valence electrons. The Morgan fingerprint density at radius 3 is 2.73 bits per heavy atom. The van der Waals surface area contributed by atoms with Crippen LogP contribution in [0.5, 0.6) is 5.75 Å². The standard InChI is InChI=1S/C13H17FO/c1-13(2,3)8-9-4-5-11(14)10-6-7-15-12(9)10/h4-5H,6-8H2,1-3H3. The Morgan fingerprint density at radius 2 is 2.07 bits per heavy atom. The fraction of sp³-hybridized carbons (Fsp3) is 0.538. The zero-order valence-electron chi connectivity index (χ0n) is 9.56. The van der Waals surface area contributed by atoms with Gasteiger partial charge in [0.1, 0.15) is 11.6 Å². The fourth-order valence-electron chi connectivity index (χ4n) is 2.03. The third-order valence-corrected chi connectivity index (χ3v) is 2.60. The molecule has 2 heteroatoms. The highest BCUT2D eigenvalue weighted by molar-refractivity contribution is 5.45. The van der Waals surface area contributed by atoms with Gasteiger partial charge in [-0.2, -0.15) is 0 Å². The van der Waals surface area contributed by atoms with Gasteiger partial charge in [0, 0.05) is 12.0 Å². The molecule has 1 aromatic rings. The van der Waals surface area contributed by atoms with Crippen molar-refractivity contribution in [3.63, 3.8) is 0 Å². The molecule has 0 aromatic heterocycles. The van der Waals surface area contributed by atoms with Crippen molar-refractivity contribution >= 4 is 0 Å². The van der Waals surface area contributed by atoms with Gasteiger partial charge in [0.25, 0.3) is 0 Å². The molecule has 2 rings (SSSR count). The van der Waals surface area contributed by atoms with E-state index < -0.39 is 0 Å². The predicted octanol–water partition coefficient (Wildman–Crippen LogP) is 3.35. The van der Waals surface area contributed by atoms with E-state index in [4.69, 9.17) is 4.74 Å². The first-order valence-corrected chi connectivity index (χ1v) is 5.40.